The number of anilines is 2. The molecule has 0 saturated heterocycles. The summed E-state index contributed by atoms with van der Waals surface area (Å²) in [4.78, 5) is 0. The molecule has 0 radical (unpaired) electrons. The van der Waals surface area contributed by atoms with Crippen LogP contribution in [0, 0.1) is 0 Å². The molecule has 188 valence electrons. The highest BCUT2D eigenvalue weighted by atomic mass is 16.5. The van der Waals surface area contributed by atoms with E-state index in [1.807, 2.05) is 0 Å². The molecule has 0 fully saturated rings. The van der Waals surface area contributed by atoms with E-state index < -0.39 is 0 Å². The molecule has 2 heterocycles. The smallest absolute Gasteiger partial charge is 0.120 e. The number of rotatable bonds is 10. The summed E-state index contributed by atoms with van der Waals surface area (Å²) in [7, 11) is 0. The molecule has 35 heavy (non-hydrogen) atoms. The van der Waals surface area contributed by atoms with Gasteiger partial charge in [0.25, 0.3) is 0 Å². The van der Waals surface area contributed by atoms with Crippen LogP contribution in [0.15, 0.2) is 48.6 Å². The predicted molar refractivity (Wildman–Crippen MR) is 150 cm³/mol. The summed E-state index contributed by atoms with van der Waals surface area (Å²) in [5.41, 5.74) is 7.67. The third-order valence-corrected chi connectivity index (χ3v) is 6.75. The van der Waals surface area contributed by atoms with E-state index in [4.69, 9.17) is 9.47 Å². The van der Waals surface area contributed by atoms with Gasteiger partial charge in [-0.3, -0.25) is 0 Å². The van der Waals surface area contributed by atoms with Gasteiger partial charge in [-0.25, -0.2) is 0 Å². The molecule has 2 N–H and O–H groups in total. The number of unbranched alkanes of at least 4 members (excludes halogenated alkanes) is 2. The largest absolute Gasteiger partial charge is 0.494 e. The summed E-state index contributed by atoms with van der Waals surface area (Å²) in [5, 5.41) is 7.21. The average Bonchev–Trinajstić information content (AvgIpc) is 2.81. The van der Waals surface area contributed by atoms with Crippen molar-refractivity contribution in [3.05, 3.63) is 59.7 Å². The summed E-state index contributed by atoms with van der Waals surface area (Å²) in [5.74, 6) is 1.90. The molecular formula is C31H42N2O2. The summed E-state index contributed by atoms with van der Waals surface area (Å²) in [6, 6.07) is 12.8. The van der Waals surface area contributed by atoms with Gasteiger partial charge in [0, 0.05) is 22.5 Å². The van der Waals surface area contributed by atoms with E-state index >= 15 is 0 Å². The Labute approximate surface area is 211 Å². The number of allylic oxidation sites excluding steroid dienone is 2. The summed E-state index contributed by atoms with van der Waals surface area (Å²) >= 11 is 0. The Morgan fingerprint density at radius 2 is 1.06 bits per heavy atom. The Morgan fingerprint density at radius 3 is 1.46 bits per heavy atom. The van der Waals surface area contributed by atoms with Crippen LogP contribution < -0.4 is 20.1 Å². The van der Waals surface area contributed by atoms with Gasteiger partial charge in [0.1, 0.15) is 11.5 Å². The molecule has 2 aromatic rings. The highest BCUT2D eigenvalue weighted by Crippen LogP contribution is 2.38. The molecule has 0 aromatic heterocycles. The SMILES string of the molecule is CCC1=CC(C)(C)Nc2ccc(OCCCCCOc3ccc4c(c3)C(CC)=CC(C)(C)N4)cc21. The minimum atomic E-state index is -0.00924. The van der Waals surface area contributed by atoms with Crippen molar-refractivity contribution in [3.8, 4) is 11.5 Å². The molecule has 0 unspecified atom stereocenters. The molecule has 0 atom stereocenters. The number of benzene rings is 2. The number of nitrogens with one attached hydrogen (secondary N) is 2. The lowest BCUT2D eigenvalue weighted by atomic mass is 9.89. The second-order valence-electron chi connectivity index (χ2n) is 10.9. The first-order valence-electron chi connectivity index (χ1n) is 13.2. The molecule has 0 amide bonds. The van der Waals surface area contributed by atoms with Crippen molar-refractivity contribution in [2.75, 3.05) is 23.8 Å². The summed E-state index contributed by atoms with van der Waals surface area (Å²) in [6.07, 6.45) is 9.84. The zero-order valence-electron chi connectivity index (χ0n) is 22.4. The molecule has 2 aliphatic heterocycles. The number of fused-ring (bicyclic) bond motifs is 2. The van der Waals surface area contributed by atoms with Crippen LogP contribution in [0.2, 0.25) is 0 Å². The summed E-state index contributed by atoms with van der Waals surface area (Å²) in [6.45, 7) is 14.7. The van der Waals surface area contributed by atoms with Crippen molar-refractivity contribution < 1.29 is 9.47 Å². The van der Waals surface area contributed by atoms with Crippen LogP contribution in [0.4, 0.5) is 11.4 Å². The van der Waals surface area contributed by atoms with Gasteiger partial charge in [-0.1, -0.05) is 26.0 Å². The normalized spacial score (nSPS) is 17.2. The van der Waals surface area contributed by atoms with Gasteiger partial charge >= 0.3 is 0 Å². The fourth-order valence-electron chi connectivity index (χ4n) is 5.11. The molecule has 0 spiro atoms. The van der Waals surface area contributed by atoms with Crippen LogP contribution in [0.5, 0.6) is 11.5 Å². The molecule has 4 nitrogen and oxygen atoms in total. The van der Waals surface area contributed by atoms with Gasteiger partial charge in [-0.05, 0) is 107 Å². The van der Waals surface area contributed by atoms with Crippen LogP contribution in [0.1, 0.15) is 84.8 Å². The van der Waals surface area contributed by atoms with Crippen molar-refractivity contribution in [2.45, 2.75) is 84.7 Å². The van der Waals surface area contributed by atoms with E-state index in [1.54, 1.807) is 0 Å². The highest BCUT2D eigenvalue weighted by Gasteiger charge is 2.24. The van der Waals surface area contributed by atoms with E-state index in [1.165, 1.54) is 33.6 Å². The maximum atomic E-state index is 6.08. The van der Waals surface area contributed by atoms with Crippen molar-refractivity contribution >= 4 is 22.5 Å². The number of hydrogen-bond donors (Lipinski definition) is 2. The monoisotopic (exact) mass is 474 g/mol. The highest BCUT2D eigenvalue weighted by molar-refractivity contribution is 5.82. The molecule has 4 rings (SSSR count). The summed E-state index contributed by atoms with van der Waals surface area (Å²) < 4.78 is 12.2. The van der Waals surface area contributed by atoms with Crippen molar-refractivity contribution in [1.29, 1.82) is 0 Å². The second kappa shape index (κ2) is 10.4. The molecule has 2 aromatic carbocycles. The van der Waals surface area contributed by atoms with Crippen molar-refractivity contribution in [2.24, 2.45) is 0 Å². The van der Waals surface area contributed by atoms with Crippen molar-refractivity contribution in [3.63, 3.8) is 0 Å². The second-order valence-corrected chi connectivity index (χ2v) is 10.9. The van der Waals surface area contributed by atoms with Gasteiger partial charge in [0.05, 0.1) is 24.3 Å². The molecule has 4 heteroatoms. The van der Waals surface area contributed by atoms with E-state index in [-0.39, 0.29) is 11.1 Å². The Hall–Kier alpha value is -2.88. The predicted octanol–water partition coefficient (Wildman–Crippen LogP) is 8.31. The van der Waals surface area contributed by atoms with Gasteiger partial charge in [0.15, 0.2) is 0 Å². The van der Waals surface area contributed by atoms with E-state index in [2.05, 4.69) is 101 Å². The molecule has 0 saturated carbocycles. The minimum Gasteiger partial charge on any atom is -0.494 e. The molecule has 0 aliphatic carbocycles. The standard InChI is InChI=1S/C31H42N2O2/c1-7-22-20-30(3,4)32-28-14-12-24(18-26(22)28)34-16-10-9-11-17-35-25-13-15-29-27(19-25)23(8-2)21-31(5,6)33-29/h12-15,18-21,32-33H,7-11,16-17H2,1-6H3. The molecular weight excluding hydrogens is 432 g/mol. The average molecular weight is 475 g/mol. The third-order valence-electron chi connectivity index (χ3n) is 6.75. The fourth-order valence-corrected chi connectivity index (χ4v) is 5.11. The lowest BCUT2D eigenvalue weighted by Crippen LogP contribution is -2.31. The van der Waals surface area contributed by atoms with Crippen LogP contribution in [-0.2, 0) is 0 Å². The third kappa shape index (κ3) is 6.22. The lowest BCUT2D eigenvalue weighted by molar-refractivity contribution is 0.279. The van der Waals surface area contributed by atoms with E-state index in [9.17, 15) is 0 Å². The van der Waals surface area contributed by atoms with Crippen molar-refractivity contribution in [1.82, 2.24) is 0 Å². The zero-order chi connectivity index (χ0) is 25.1. The van der Waals surface area contributed by atoms with E-state index in [0.29, 0.717) is 0 Å². The maximum absolute atomic E-state index is 6.08. The van der Waals surface area contributed by atoms with Gasteiger partial charge in [-0.15, -0.1) is 0 Å². The maximum Gasteiger partial charge on any atom is 0.120 e. The Kier molecular flexibility index (Phi) is 7.49. The molecule has 0 bridgehead atoms. The lowest BCUT2D eigenvalue weighted by Gasteiger charge is -2.32. The fraction of sp³-hybridized carbons (Fsp3) is 0.484. The number of hydrogen-bond acceptors (Lipinski definition) is 4. The quantitative estimate of drug-likeness (QED) is 0.340. The van der Waals surface area contributed by atoms with Crippen LogP contribution in [0.25, 0.3) is 11.1 Å². The van der Waals surface area contributed by atoms with Gasteiger partial charge in [-0.2, -0.15) is 0 Å². The first-order chi connectivity index (χ1) is 16.7. The molecule has 2 aliphatic rings. The first kappa shape index (κ1) is 25.2. The Morgan fingerprint density at radius 1 is 0.629 bits per heavy atom. The topological polar surface area (TPSA) is 42.5 Å². The van der Waals surface area contributed by atoms with E-state index in [0.717, 1.165) is 56.8 Å². The Bertz CT molecular complexity index is 1020. The van der Waals surface area contributed by atoms with Crippen LogP contribution in [-0.4, -0.2) is 24.3 Å². The first-order valence-corrected chi connectivity index (χ1v) is 13.2. The Balaban J connectivity index is 1.21. The van der Waals surface area contributed by atoms with Crippen LogP contribution in [0.3, 0.4) is 0 Å². The minimum absolute atomic E-state index is 0.00924. The zero-order valence-corrected chi connectivity index (χ0v) is 22.4. The van der Waals surface area contributed by atoms with Gasteiger partial charge in [0.2, 0.25) is 0 Å². The van der Waals surface area contributed by atoms with Crippen LogP contribution >= 0.6 is 0 Å². The van der Waals surface area contributed by atoms with Gasteiger partial charge < -0.3 is 20.1 Å². The number of ether oxygens (including phenoxy) is 2.